The van der Waals surface area contributed by atoms with Gasteiger partial charge in [-0.15, -0.1) is 11.3 Å². The Morgan fingerprint density at radius 2 is 2.09 bits per heavy atom. The van der Waals surface area contributed by atoms with Crippen LogP contribution in [0.4, 0.5) is 5.13 Å². The van der Waals surface area contributed by atoms with Crippen LogP contribution in [-0.2, 0) is 11.2 Å². The van der Waals surface area contributed by atoms with Crippen LogP contribution >= 0.6 is 22.9 Å². The van der Waals surface area contributed by atoms with Crippen LogP contribution in [0.3, 0.4) is 0 Å². The molecule has 0 saturated carbocycles. The summed E-state index contributed by atoms with van der Waals surface area (Å²) in [6, 6.07) is 14.8. The monoisotopic (exact) mass is 481 g/mol. The van der Waals surface area contributed by atoms with E-state index in [2.05, 4.69) is 17.2 Å². The van der Waals surface area contributed by atoms with Crippen LogP contribution in [0.25, 0.3) is 6.08 Å². The first kappa shape index (κ1) is 24.3. The van der Waals surface area contributed by atoms with Crippen LogP contribution in [0.2, 0.25) is 5.02 Å². The van der Waals surface area contributed by atoms with Crippen LogP contribution in [0.1, 0.15) is 35.8 Å². The molecule has 0 aliphatic rings. The van der Waals surface area contributed by atoms with Crippen molar-refractivity contribution in [3.8, 4) is 17.6 Å². The second kappa shape index (κ2) is 12.0. The number of anilines is 1. The van der Waals surface area contributed by atoms with E-state index in [0.29, 0.717) is 40.2 Å². The highest BCUT2D eigenvalue weighted by molar-refractivity contribution is 7.15. The fourth-order valence-corrected chi connectivity index (χ4v) is 4.01. The predicted octanol–water partition coefficient (Wildman–Crippen LogP) is 6.12. The quantitative estimate of drug-likeness (QED) is 0.214. The Hall–Kier alpha value is -3.34. The number of methoxy groups -OCH3 is 1. The van der Waals surface area contributed by atoms with E-state index in [1.807, 2.05) is 30.3 Å². The van der Waals surface area contributed by atoms with Gasteiger partial charge in [0.2, 0.25) is 0 Å². The zero-order valence-electron chi connectivity index (χ0n) is 18.4. The lowest BCUT2D eigenvalue weighted by atomic mass is 10.1. The Labute approximate surface area is 202 Å². The molecular formula is C25H24ClN3O3S. The van der Waals surface area contributed by atoms with E-state index in [0.717, 1.165) is 23.3 Å². The van der Waals surface area contributed by atoms with E-state index in [-0.39, 0.29) is 5.57 Å². The molecule has 0 aliphatic heterocycles. The van der Waals surface area contributed by atoms with Gasteiger partial charge >= 0.3 is 0 Å². The van der Waals surface area contributed by atoms with Crippen LogP contribution < -0.4 is 14.8 Å². The highest BCUT2D eigenvalue weighted by Gasteiger charge is 2.14. The van der Waals surface area contributed by atoms with Crippen molar-refractivity contribution in [1.82, 2.24) is 4.98 Å². The molecule has 33 heavy (non-hydrogen) atoms. The number of amides is 1. The Morgan fingerprint density at radius 3 is 2.82 bits per heavy atom. The Morgan fingerprint density at radius 1 is 1.27 bits per heavy atom. The number of unbranched alkanes of at least 4 members (excludes halogenated alkanes) is 1. The van der Waals surface area contributed by atoms with Crippen molar-refractivity contribution < 1.29 is 14.3 Å². The average molecular weight is 482 g/mol. The SMILES string of the molecule is CCCCOc1ccc(C=C(C#N)C(=O)Nc2ncc(Cc3ccccc3Cl)s2)cc1OC. The molecule has 0 fully saturated rings. The number of thiazole rings is 1. The summed E-state index contributed by atoms with van der Waals surface area (Å²) in [5.41, 5.74) is 1.59. The molecule has 0 bridgehead atoms. The van der Waals surface area contributed by atoms with Crippen molar-refractivity contribution in [2.75, 3.05) is 19.0 Å². The minimum absolute atomic E-state index is 0.0421. The molecule has 0 spiro atoms. The molecule has 0 unspecified atom stereocenters. The van der Waals surface area contributed by atoms with E-state index in [9.17, 15) is 10.1 Å². The molecule has 8 heteroatoms. The number of aromatic nitrogens is 1. The summed E-state index contributed by atoms with van der Waals surface area (Å²) in [4.78, 5) is 17.9. The molecule has 0 atom stereocenters. The van der Waals surface area contributed by atoms with E-state index in [1.165, 1.54) is 17.4 Å². The number of carbonyl (C=O) groups excluding carboxylic acids is 1. The van der Waals surface area contributed by atoms with Crippen molar-refractivity contribution in [2.45, 2.75) is 26.2 Å². The van der Waals surface area contributed by atoms with Gasteiger partial charge in [0.15, 0.2) is 16.6 Å². The van der Waals surface area contributed by atoms with Crippen molar-refractivity contribution in [3.05, 3.63) is 75.3 Å². The average Bonchev–Trinajstić information content (AvgIpc) is 3.26. The molecule has 3 rings (SSSR count). The number of halogens is 1. The van der Waals surface area contributed by atoms with Gasteiger partial charge < -0.3 is 9.47 Å². The molecule has 6 nitrogen and oxygen atoms in total. The molecule has 1 amide bonds. The van der Waals surface area contributed by atoms with Gasteiger partial charge in [0.05, 0.1) is 13.7 Å². The number of ether oxygens (including phenoxy) is 2. The molecule has 0 aliphatic carbocycles. The number of nitrogens with zero attached hydrogens (tertiary/aromatic N) is 2. The maximum Gasteiger partial charge on any atom is 0.268 e. The van der Waals surface area contributed by atoms with Crippen LogP contribution in [0.5, 0.6) is 11.5 Å². The van der Waals surface area contributed by atoms with Gasteiger partial charge in [-0.3, -0.25) is 10.1 Å². The molecular weight excluding hydrogens is 458 g/mol. The highest BCUT2D eigenvalue weighted by Crippen LogP contribution is 2.29. The Kier molecular flexibility index (Phi) is 8.87. The predicted molar refractivity (Wildman–Crippen MR) is 132 cm³/mol. The van der Waals surface area contributed by atoms with Crippen LogP contribution in [0, 0.1) is 11.3 Å². The largest absolute Gasteiger partial charge is 0.493 e. The number of rotatable bonds is 10. The molecule has 170 valence electrons. The van der Waals surface area contributed by atoms with Crippen molar-refractivity contribution in [3.63, 3.8) is 0 Å². The summed E-state index contributed by atoms with van der Waals surface area (Å²) in [7, 11) is 1.55. The van der Waals surface area contributed by atoms with E-state index in [4.69, 9.17) is 21.1 Å². The third-order valence-corrected chi connectivity index (χ3v) is 6.00. The molecule has 0 radical (unpaired) electrons. The minimum atomic E-state index is -0.529. The van der Waals surface area contributed by atoms with Crippen molar-refractivity contribution in [2.24, 2.45) is 0 Å². The third kappa shape index (κ3) is 6.82. The van der Waals surface area contributed by atoms with Crippen LogP contribution in [0.15, 0.2) is 54.2 Å². The van der Waals surface area contributed by atoms with Gasteiger partial charge in [0.25, 0.3) is 5.91 Å². The fourth-order valence-electron chi connectivity index (χ4n) is 2.98. The number of carbonyl (C=O) groups is 1. The number of hydrogen-bond donors (Lipinski definition) is 1. The van der Waals surface area contributed by atoms with Crippen LogP contribution in [-0.4, -0.2) is 24.6 Å². The Balaban J connectivity index is 1.69. The smallest absolute Gasteiger partial charge is 0.268 e. The topological polar surface area (TPSA) is 84.2 Å². The van der Waals surface area contributed by atoms with Gasteiger partial charge in [0.1, 0.15) is 11.6 Å². The van der Waals surface area contributed by atoms with Crippen molar-refractivity contribution >= 4 is 40.1 Å². The normalized spacial score (nSPS) is 11.0. The summed E-state index contributed by atoms with van der Waals surface area (Å²) in [6.07, 6.45) is 5.79. The highest BCUT2D eigenvalue weighted by atomic mass is 35.5. The summed E-state index contributed by atoms with van der Waals surface area (Å²) in [6.45, 7) is 2.69. The van der Waals surface area contributed by atoms with E-state index < -0.39 is 5.91 Å². The van der Waals surface area contributed by atoms with Gasteiger partial charge in [-0.2, -0.15) is 5.26 Å². The first-order valence-corrected chi connectivity index (χ1v) is 11.7. The second-order valence-corrected chi connectivity index (χ2v) is 8.66. The first-order valence-electron chi connectivity index (χ1n) is 10.5. The lowest BCUT2D eigenvalue weighted by molar-refractivity contribution is -0.112. The molecule has 3 aromatic rings. The van der Waals surface area contributed by atoms with Gasteiger partial charge in [-0.05, 0) is 41.8 Å². The lowest BCUT2D eigenvalue weighted by Crippen LogP contribution is -2.13. The summed E-state index contributed by atoms with van der Waals surface area (Å²) >= 11 is 7.56. The standard InChI is InChI=1S/C25H24ClN3O3S/c1-3-4-11-32-22-10-9-17(13-23(22)31-2)12-19(15-27)24(30)29-25-28-16-20(33-25)14-18-7-5-6-8-21(18)26/h5-10,12-13,16H,3-4,11,14H2,1-2H3,(H,28,29,30). The molecule has 1 N–H and O–H groups in total. The zero-order chi connectivity index (χ0) is 23.6. The molecule has 1 aromatic heterocycles. The summed E-state index contributed by atoms with van der Waals surface area (Å²) < 4.78 is 11.1. The maximum absolute atomic E-state index is 12.7. The third-order valence-electron chi connectivity index (χ3n) is 4.72. The van der Waals surface area contributed by atoms with Gasteiger partial charge in [0, 0.05) is 22.5 Å². The number of nitriles is 1. The summed E-state index contributed by atoms with van der Waals surface area (Å²) in [5, 5.41) is 13.3. The minimum Gasteiger partial charge on any atom is -0.493 e. The number of benzene rings is 2. The van der Waals surface area contributed by atoms with Gasteiger partial charge in [-0.25, -0.2) is 4.98 Å². The first-order chi connectivity index (χ1) is 16.0. The zero-order valence-corrected chi connectivity index (χ0v) is 20.0. The fraction of sp³-hybridized carbons (Fsp3) is 0.240. The van der Waals surface area contributed by atoms with Gasteiger partial charge in [-0.1, -0.05) is 49.2 Å². The van der Waals surface area contributed by atoms with Crippen molar-refractivity contribution in [1.29, 1.82) is 5.26 Å². The van der Waals surface area contributed by atoms with E-state index >= 15 is 0 Å². The summed E-state index contributed by atoms with van der Waals surface area (Å²) in [5.74, 6) is 0.639. The molecule has 0 saturated heterocycles. The number of nitrogens with one attached hydrogen (secondary N) is 1. The molecule has 1 heterocycles. The Bertz CT molecular complexity index is 1180. The lowest BCUT2D eigenvalue weighted by Gasteiger charge is -2.11. The number of hydrogen-bond acceptors (Lipinski definition) is 6. The maximum atomic E-state index is 12.7. The van der Waals surface area contributed by atoms with E-state index in [1.54, 1.807) is 31.5 Å². The second-order valence-electron chi connectivity index (χ2n) is 7.14. The molecule has 2 aromatic carbocycles.